The molecule has 1 aliphatic rings. The summed E-state index contributed by atoms with van der Waals surface area (Å²) in [5, 5.41) is 0. The van der Waals surface area contributed by atoms with E-state index in [4.69, 9.17) is 5.73 Å². The highest BCUT2D eigenvalue weighted by Crippen LogP contribution is 2.47. The summed E-state index contributed by atoms with van der Waals surface area (Å²) in [4.78, 5) is 13.7. The van der Waals surface area contributed by atoms with Crippen LogP contribution in [0.5, 0.6) is 0 Å². The van der Waals surface area contributed by atoms with Crippen molar-refractivity contribution >= 4 is 22.8 Å². The Hall–Kier alpha value is -2.29. The van der Waals surface area contributed by atoms with Gasteiger partial charge in [-0.05, 0) is 72.1 Å². The first kappa shape index (κ1) is 18.5. The molecule has 0 unspecified atom stereocenters. The van der Waals surface area contributed by atoms with Crippen LogP contribution in [0.25, 0.3) is 0 Å². The number of anilines is 3. The van der Waals surface area contributed by atoms with Gasteiger partial charge in [0.2, 0.25) is 0 Å². The van der Waals surface area contributed by atoms with E-state index in [2.05, 4.69) is 50.8 Å². The van der Waals surface area contributed by atoms with Crippen LogP contribution in [0.2, 0.25) is 0 Å². The second-order valence-electron chi connectivity index (χ2n) is 8.89. The van der Waals surface area contributed by atoms with Crippen molar-refractivity contribution in [1.82, 2.24) is 0 Å². The molecule has 0 atom stereocenters. The predicted molar refractivity (Wildman–Crippen MR) is 111 cm³/mol. The quantitative estimate of drug-likeness (QED) is 0.580. The molecule has 3 nitrogen and oxygen atoms in total. The van der Waals surface area contributed by atoms with E-state index in [-0.39, 0.29) is 16.6 Å². The molecule has 3 heteroatoms. The van der Waals surface area contributed by atoms with Gasteiger partial charge in [0.15, 0.2) is 5.78 Å². The lowest BCUT2D eigenvalue weighted by Crippen LogP contribution is -2.34. The van der Waals surface area contributed by atoms with E-state index in [0.717, 1.165) is 11.4 Å². The number of carbonyl (C=O) groups excluding carboxylic acids is 1. The van der Waals surface area contributed by atoms with Crippen molar-refractivity contribution in [3.05, 3.63) is 53.1 Å². The summed E-state index contributed by atoms with van der Waals surface area (Å²) in [6.07, 6.45) is 2.40. The third-order valence-corrected chi connectivity index (χ3v) is 6.02. The molecule has 2 aromatic carbocycles. The number of hydrogen-bond acceptors (Lipinski definition) is 3. The third-order valence-electron chi connectivity index (χ3n) is 6.02. The van der Waals surface area contributed by atoms with Crippen LogP contribution >= 0.6 is 0 Å². The van der Waals surface area contributed by atoms with Gasteiger partial charge in [-0.1, -0.05) is 33.8 Å². The molecular formula is C23H30N2O. The minimum atomic E-state index is 0.0312. The van der Waals surface area contributed by atoms with E-state index in [0.29, 0.717) is 11.3 Å². The topological polar surface area (TPSA) is 46.3 Å². The number of rotatable bonds is 3. The molecule has 2 N–H and O–H groups in total. The monoisotopic (exact) mass is 350 g/mol. The van der Waals surface area contributed by atoms with Crippen molar-refractivity contribution in [2.75, 3.05) is 17.7 Å². The Morgan fingerprint density at radius 3 is 2.15 bits per heavy atom. The van der Waals surface area contributed by atoms with E-state index in [1.807, 2.05) is 19.2 Å². The standard InChI is InChI=1S/C23H30N2O/c1-15(26)16-7-10-21(20(24)13-16)25(6)17-8-9-18-19(14-17)23(4,5)12-11-22(18,2)3/h7-10,13-14H,11-12,24H2,1-6H3. The second kappa shape index (κ2) is 6.15. The predicted octanol–water partition coefficient (Wildman–Crippen LogP) is 5.59. The molecule has 0 aromatic heterocycles. The highest BCUT2D eigenvalue weighted by molar-refractivity contribution is 5.96. The van der Waals surface area contributed by atoms with Crippen LogP contribution in [0, 0.1) is 0 Å². The second-order valence-corrected chi connectivity index (χ2v) is 8.89. The number of nitrogens with two attached hydrogens (primary N) is 1. The molecule has 1 aliphatic carbocycles. The zero-order valence-electron chi connectivity index (χ0n) is 16.8. The Bertz CT molecular complexity index is 865. The highest BCUT2D eigenvalue weighted by atomic mass is 16.1. The molecule has 0 fully saturated rings. The number of ketones is 1. The summed E-state index contributed by atoms with van der Waals surface area (Å²) in [6, 6.07) is 12.3. The lowest BCUT2D eigenvalue weighted by molar-refractivity contribution is 0.101. The smallest absolute Gasteiger partial charge is 0.159 e. The number of Topliss-reactive ketones (excluding diaryl/α,β-unsaturated/α-hetero) is 1. The molecule has 138 valence electrons. The minimum absolute atomic E-state index is 0.0312. The van der Waals surface area contributed by atoms with Gasteiger partial charge in [0.25, 0.3) is 0 Å². The Balaban J connectivity index is 2.04. The Kier molecular flexibility index (Phi) is 4.38. The SMILES string of the molecule is CC(=O)c1ccc(N(C)c2ccc3c(c2)C(C)(C)CCC3(C)C)c(N)c1. The molecular weight excluding hydrogens is 320 g/mol. The third kappa shape index (κ3) is 3.11. The normalized spacial score (nSPS) is 17.5. The molecule has 0 amide bonds. The summed E-state index contributed by atoms with van der Waals surface area (Å²) in [6.45, 7) is 10.9. The van der Waals surface area contributed by atoms with Crippen molar-refractivity contribution in [3.8, 4) is 0 Å². The highest BCUT2D eigenvalue weighted by Gasteiger charge is 2.37. The number of hydrogen-bond donors (Lipinski definition) is 1. The first-order chi connectivity index (χ1) is 12.0. The number of nitrogens with zero attached hydrogens (tertiary/aromatic N) is 1. The molecule has 0 heterocycles. The fourth-order valence-corrected chi connectivity index (χ4v) is 4.00. The van der Waals surface area contributed by atoms with Crippen LogP contribution in [-0.2, 0) is 10.8 Å². The van der Waals surface area contributed by atoms with Crippen molar-refractivity contribution in [1.29, 1.82) is 0 Å². The van der Waals surface area contributed by atoms with Crippen LogP contribution in [0.15, 0.2) is 36.4 Å². The molecule has 2 aromatic rings. The summed E-state index contributed by atoms with van der Waals surface area (Å²) in [7, 11) is 2.03. The van der Waals surface area contributed by atoms with Crippen molar-refractivity contribution in [3.63, 3.8) is 0 Å². The van der Waals surface area contributed by atoms with Crippen molar-refractivity contribution in [2.24, 2.45) is 0 Å². The largest absolute Gasteiger partial charge is 0.397 e. The Morgan fingerprint density at radius 2 is 1.58 bits per heavy atom. The van der Waals surface area contributed by atoms with Gasteiger partial charge in [-0.3, -0.25) is 4.79 Å². The molecule has 0 saturated heterocycles. The van der Waals surface area contributed by atoms with Crippen LogP contribution in [-0.4, -0.2) is 12.8 Å². The first-order valence-corrected chi connectivity index (χ1v) is 9.32. The summed E-state index contributed by atoms with van der Waals surface area (Å²) < 4.78 is 0. The Labute approximate surface area is 157 Å². The molecule has 0 aliphatic heterocycles. The number of carbonyl (C=O) groups is 1. The number of nitrogen functional groups attached to an aromatic ring is 1. The maximum absolute atomic E-state index is 11.6. The molecule has 3 rings (SSSR count). The zero-order valence-corrected chi connectivity index (χ0v) is 16.8. The molecule has 0 radical (unpaired) electrons. The van der Waals surface area contributed by atoms with Crippen molar-refractivity contribution in [2.45, 2.75) is 58.3 Å². The summed E-state index contributed by atoms with van der Waals surface area (Å²) in [5.41, 5.74) is 12.8. The maximum Gasteiger partial charge on any atom is 0.159 e. The average molecular weight is 351 g/mol. The fraction of sp³-hybridized carbons (Fsp3) is 0.435. The molecule has 0 bridgehead atoms. The summed E-state index contributed by atoms with van der Waals surface area (Å²) >= 11 is 0. The van der Waals surface area contributed by atoms with Gasteiger partial charge in [-0.15, -0.1) is 0 Å². The van der Waals surface area contributed by atoms with Gasteiger partial charge >= 0.3 is 0 Å². The van der Waals surface area contributed by atoms with Gasteiger partial charge in [0, 0.05) is 18.3 Å². The van der Waals surface area contributed by atoms with Gasteiger partial charge in [-0.25, -0.2) is 0 Å². The molecule has 0 spiro atoms. The van der Waals surface area contributed by atoms with E-state index >= 15 is 0 Å². The van der Waals surface area contributed by atoms with Gasteiger partial charge in [0.05, 0.1) is 11.4 Å². The first-order valence-electron chi connectivity index (χ1n) is 9.32. The minimum Gasteiger partial charge on any atom is -0.397 e. The Morgan fingerprint density at radius 1 is 0.962 bits per heavy atom. The van der Waals surface area contributed by atoms with Gasteiger partial charge < -0.3 is 10.6 Å². The maximum atomic E-state index is 11.6. The zero-order chi connectivity index (χ0) is 19.3. The van der Waals surface area contributed by atoms with E-state index in [1.54, 1.807) is 13.0 Å². The lowest BCUT2D eigenvalue weighted by Gasteiger charge is -2.42. The molecule has 0 saturated carbocycles. The number of benzene rings is 2. The van der Waals surface area contributed by atoms with Gasteiger partial charge in [0.1, 0.15) is 0 Å². The van der Waals surface area contributed by atoms with Crippen LogP contribution in [0.1, 0.15) is 68.9 Å². The van der Waals surface area contributed by atoms with Crippen molar-refractivity contribution < 1.29 is 4.79 Å². The van der Waals surface area contributed by atoms with E-state index in [1.165, 1.54) is 24.0 Å². The molecule has 26 heavy (non-hydrogen) atoms. The van der Waals surface area contributed by atoms with Crippen LogP contribution < -0.4 is 10.6 Å². The lowest BCUT2D eigenvalue weighted by atomic mass is 9.63. The average Bonchev–Trinajstić information content (AvgIpc) is 2.58. The van der Waals surface area contributed by atoms with Crippen LogP contribution in [0.4, 0.5) is 17.1 Å². The van der Waals surface area contributed by atoms with Crippen LogP contribution in [0.3, 0.4) is 0 Å². The van der Waals surface area contributed by atoms with E-state index in [9.17, 15) is 4.79 Å². The summed E-state index contributed by atoms with van der Waals surface area (Å²) in [5.74, 6) is 0.0312. The van der Waals surface area contributed by atoms with Gasteiger partial charge in [-0.2, -0.15) is 0 Å². The van der Waals surface area contributed by atoms with E-state index < -0.39 is 0 Å². The number of fused-ring (bicyclic) bond motifs is 1. The fourth-order valence-electron chi connectivity index (χ4n) is 4.00.